The molecule has 31 heavy (non-hydrogen) atoms. The van der Waals surface area contributed by atoms with E-state index in [4.69, 9.17) is 0 Å². The lowest BCUT2D eigenvalue weighted by atomic mass is 10.1. The molecule has 0 aliphatic rings. The third-order valence-corrected chi connectivity index (χ3v) is 5.07. The highest BCUT2D eigenvalue weighted by Gasteiger charge is 2.07. The van der Waals surface area contributed by atoms with Crippen molar-refractivity contribution in [3.05, 3.63) is 101 Å². The molecule has 0 aliphatic heterocycles. The van der Waals surface area contributed by atoms with Gasteiger partial charge in [-0.25, -0.2) is 4.79 Å². The van der Waals surface area contributed by atoms with Crippen molar-refractivity contribution in [2.45, 2.75) is 33.5 Å². The second-order valence-corrected chi connectivity index (χ2v) is 7.57. The van der Waals surface area contributed by atoms with Crippen LogP contribution >= 0.6 is 0 Å². The van der Waals surface area contributed by atoms with Crippen molar-refractivity contribution < 1.29 is 4.79 Å². The molecule has 0 spiro atoms. The summed E-state index contributed by atoms with van der Waals surface area (Å²) in [6.07, 6.45) is 3.69. The molecule has 0 saturated carbocycles. The van der Waals surface area contributed by atoms with Crippen LogP contribution in [0.15, 0.2) is 73.1 Å². The van der Waals surface area contributed by atoms with Crippen LogP contribution in [0.25, 0.3) is 0 Å². The summed E-state index contributed by atoms with van der Waals surface area (Å²) < 4.78 is 3.83. The first-order chi connectivity index (χ1) is 15.1. The molecule has 0 fully saturated rings. The number of nitrogens with one attached hydrogen (secondary N) is 2. The minimum absolute atomic E-state index is 0.239. The van der Waals surface area contributed by atoms with Gasteiger partial charge < -0.3 is 10.6 Å². The molecule has 2 aromatic carbocycles. The van der Waals surface area contributed by atoms with E-state index in [1.807, 2.05) is 77.9 Å². The van der Waals surface area contributed by atoms with Crippen LogP contribution in [0, 0.1) is 13.8 Å². The second kappa shape index (κ2) is 9.30. The molecule has 0 aliphatic carbocycles. The fourth-order valence-corrected chi connectivity index (χ4v) is 3.56. The van der Waals surface area contributed by atoms with Gasteiger partial charge in [-0.05, 0) is 54.8 Å². The molecule has 0 radical (unpaired) electrons. The van der Waals surface area contributed by atoms with Crippen LogP contribution in [0.4, 0.5) is 10.5 Å². The molecular formula is C24H26N6O. The Morgan fingerprint density at radius 2 is 1.81 bits per heavy atom. The summed E-state index contributed by atoms with van der Waals surface area (Å²) in [5.41, 5.74) is 6.13. The van der Waals surface area contributed by atoms with Crippen molar-refractivity contribution in [1.82, 2.24) is 24.9 Å². The zero-order valence-corrected chi connectivity index (χ0v) is 17.7. The molecule has 0 saturated heterocycles. The van der Waals surface area contributed by atoms with Gasteiger partial charge in [-0.3, -0.25) is 9.36 Å². The van der Waals surface area contributed by atoms with Gasteiger partial charge in [0.15, 0.2) is 0 Å². The van der Waals surface area contributed by atoms with Gasteiger partial charge >= 0.3 is 6.03 Å². The van der Waals surface area contributed by atoms with Gasteiger partial charge in [0, 0.05) is 30.3 Å². The lowest BCUT2D eigenvalue weighted by Gasteiger charge is -2.12. The number of urea groups is 1. The van der Waals surface area contributed by atoms with E-state index < -0.39 is 0 Å². The van der Waals surface area contributed by atoms with E-state index in [-0.39, 0.29) is 6.03 Å². The van der Waals surface area contributed by atoms with E-state index in [0.29, 0.717) is 19.6 Å². The number of aryl methyl sites for hydroxylation is 2. The monoisotopic (exact) mass is 414 g/mol. The summed E-state index contributed by atoms with van der Waals surface area (Å²) in [7, 11) is 0. The van der Waals surface area contributed by atoms with Crippen LogP contribution in [0.3, 0.4) is 0 Å². The average molecular weight is 415 g/mol. The number of hydrogen-bond acceptors (Lipinski definition) is 3. The molecule has 158 valence electrons. The van der Waals surface area contributed by atoms with Crippen molar-refractivity contribution in [2.24, 2.45) is 0 Å². The quantitative estimate of drug-likeness (QED) is 0.478. The van der Waals surface area contributed by atoms with Crippen LogP contribution in [-0.4, -0.2) is 25.6 Å². The number of carbonyl (C=O) groups is 1. The molecule has 2 aromatic heterocycles. The Labute approximate surface area is 181 Å². The molecule has 0 atom stereocenters. The fourth-order valence-electron chi connectivity index (χ4n) is 3.56. The number of carbonyl (C=O) groups excluding carboxylic acids is 1. The zero-order valence-electron chi connectivity index (χ0n) is 17.7. The molecule has 2 amide bonds. The van der Waals surface area contributed by atoms with E-state index in [1.165, 1.54) is 0 Å². The highest BCUT2D eigenvalue weighted by molar-refractivity contribution is 5.89. The summed E-state index contributed by atoms with van der Waals surface area (Å²) in [5.74, 6) is 0. The predicted octanol–water partition coefficient (Wildman–Crippen LogP) is 4.11. The second-order valence-electron chi connectivity index (χ2n) is 7.57. The van der Waals surface area contributed by atoms with Crippen molar-refractivity contribution in [1.29, 1.82) is 0 Å². The third-order valence-electron chi connectivity index (χ3n) is 5.07. The zero-order chi connectivity index (χ0) is 21.6. The van der Waals surface area contributed by atoms with E-state index >= 15 is 0 Å². The summed E-state index contributed by atoms with van der Waals surface area (Å²) >= 11 is 0. The maximum Gasteiger partial charge on any atom is 0.319 e. The lowest BCUT2D eigenvalue weighted by Crippen LogP contribution is -2.28. The molecule has 7 nitrogen and oxygen atoms in total. The smallest absolute Gasteiger partial charge is 0.319 e. The largest absolute Gasteiger partial charge is 0.334 e. The topological polar surface area (TPSA) is 76.8 Å². The van der Waals surface area contributed by atoms with Gasteiger partial charge in [-0.2, -0.15) is 10.2 Å². The normalized spacial score (nSPS) is 10.8. The highest BCUT2D eigenvalue weighted by Crippen LogP contribution is 2.14. The van der Waals surface area contributed by atoms with Crippen molar-refractivity contribution in [3.63, 3.8) is 0 Å². The summed E-state index contributed by atoms with van der Waals surface area (Å²) in [6, 6.07) is 19.6. The van der Waals surface area contributed by atoms with Crippen LogP contribution in [0.5, 0.6) is 0 Å². The summed E-state index contributed by atoms with van der Waals surface area (Å²) in [6.45, 7) is 5.80. The molecule has 4 rings (SSSR count). The Hall–Kier alpha value is -3.87. The van der Waals surface area contributed by atoms with Crippen molar-refractivity contribution >= 4 is 11.7 Å². The molecular weight excluding hydrogens is 388 g/mol. The van der Waals surface area contributed by atoms with E-state index in [2.05, 4.69) is 33.0 Å². The molecule has 7 heteroatoms. The Balaban J connectivity index is 1.36. The van der Waals surface area contributed by atoms with Crippen LogP contribution in [0.2, 0.25) is 0 Å². The standard InChI is InChI=1S/C24H26N6O/c1-18-13-19(2)30(28-18)16-20-7-5-10-23(14-20)27-24(31)25-15-21-8-3-4-9-22(21)17-29-12-6-11-26-29/h3-14H,15-17H2,1-2H3,(H2,25,27,31). The fraction of sp³-hybridized carbons (Fsp3) is 0.208. The number of nitrogens with zero attached hydrogens (tertiary/aromatic N) is 4. The van der Waals surface area contributed by atoms with Crippen molar-refractivity contribution in [3.8, 4) is 0 Å². The maximum absolute atomic E-state index is 12.5. The Morgan fingerprint density at radius 3 is 2.55 bits per heavy atom. The first-order valence-electron chi connectivity index (χ1n) is 10.3. The molecule has 0 bridgehead atoms. The van der Waals surface area contributed by atoms with E-state index in [0.717, 1.165) is 33.8 Å². The van der Waals surface area contributed by atoms with Crippen LogP contribution in [0.1, 0.15) is 28.1 Å². The Morgan fingerprint density at radius 1 is 0.968 bits per heavy atom. The number of rotatable bonds is 7. The molecule has 2 N–H and O–H groups in total. The SMILES string of the molecule is Cc1cc(C)n(Cc2cccc(NC(=O)NCc3ccccc3Cn3cccn3)c2)n1. The maximum atomic E-state index is 12.5. The van der Waals surface area contributed by atoms with Gasteiger partial charge in [0.05, 0.1) is 18.8 Å². The third kappa shape index (κ3) is 5.39. The first kappa shape index (κ1) is 20.4. The minimum Gasteiger partial charge on any atom is -0.334 e. The van der Waals surface area contributed by atoms with Crippen molar-refractivity contribution in [2.75, 3.05) is 5.32 Å². The number of anilines is 1. The van der Waals surface area contributed by atoms with Gasteiger partial charge in [0.1, 0.15) is 0 Å². The predicted molar refractivity (Wildman–Crippen MR) is 121 cm³/mol. The highest BCUT2D eigenvalue weighted by atomic mass is 16.2. The van der Waals surface area contributed by atoms with Gasteiger partial charge in [0.25, 0.3) is 0 Å². The molecule has 0 unspecified atom stereocenters. The number of benzene rings is 2. The minimum atomic E-state index is -0.239. The number of aromatic nitrogens is 4. The Kier molecular flexibility index (Phi) is 6.12. The lowest BCUT2D eigenvalue weighted by molar-refractivity contribution is 0.251. The summed E-state index contributed by atoms with van der Waals surface area (Å²) in [4.78, 5) is 12.5. The van der Waals surface area contributed by atoms with E-state index in [9.17, 15) is 4.79 Å². The molecule has 2 heterocycles. The van der Waals surface area contributed by atoms with Gasteiger partial charge in [0.2, 0.25) is 0 Å². The summed E-state index contributed by atoms with van der Waals surface area (Å²) in [5, 5.41) is 14.6. The van der Waals surface area contributed by atoms with Gasteiger partial charge in [-0.1, -0.05) is 36.4 Å². The average Bonchev–Trinajstić information content (AvgIpc) is 3.37. The van der Waals surface area contributed by atoms with Crippen LogP contribution in [-0.2, 0) is 19.6 Å². The molecule has 4 aromatic rings. The van der Waals surface area contributed by atoms with Crippen LogP contribution < -0.4 is 10.6 Å². The van der Waals surface area contributed by atoms with Gasteiger partial charge in [-0.15, -0.1) is 0 Å². The number of amides is 2. The first-order valence-corrected chi connectivity index (χ1v) is 10.3. The number of hydrogen-bond donors (Lipinski definition) is 2. The Bertz CT molecular complexity index is 1160. The van der Waals surface area contributed by atoms with E-state index in [1.54, 1.807) is 6.20 Å².